The highest BCUT2D eigenvalue weighted by Crippen LogP contribution is 2.48. The summed E-state index contributed by atoms with van der Waals surface area (Å²) < 4.78 is 39.9. The number of benzene rings is 1. The Morgan fingerprint density at radius 2 is 1.91 bits per heavy atom. The van der Waals surface area contributed by atoms with E-state index < -0.39 is 23.6 Å². The van der Waals surface area contributed by atoms with Gasteiger partial charge in [0.2, 0.25) is 0 Å². The Morgan fingerprint density at radius 1 is 1.20 bits per heavy atom. The minimum atomic E-state index is -0.810. The summed E-state index contributed by atoms with van der Waals surface area (Å²) in [6, 6.07) is 5.99. The monoisotopic (exact) mass is 704 g/mol. The van der Waals surface area contributed by atoms with Crippen molar-refractivity contribution in [3.05, 3.63) is 52.6 Å². The number of hydrogen-bond acceptors (Lipinski definition) is 9. The molecular weight excluding hydrogens is 663 g/mol. The lowest BCUT2D eigenvalue weighted by atomic mass is 10.0. The number of fused-ring (bicyclic) bond motifs is 2. The molecule has 1 saturated carbocycles. The second kappa shape index (κ2) is 13.7. The number of carbonyl (C=O) groups is 2. The van der Waals surface area contributed by atoms with Crippen LogP contribution in [0.2, 0.25) is 0 Å². The summed E-state index contributed by atoms with van der Waals surface area (Å²) in [5.41, 5.74) is 7.07. The van der Waals surface area contributed by atoms with Gasteiger partial charge in [0.25, 0.3) is 0 Å². The van der Waals surface area contributed by atoms with Crippen LogP contribution in [-0.2, 0) is 25.4 Å². The van der Waals surface area contributed by atoms with E-state index in [0.29, 0.717) is 50.4 Å². The normalized spacial score (nSPS) is 22.1. The molecule has 1 saturated heterocycles. The number of rotatable bonds is 10. The molecule has 3 N–H and O–H groups in total. The SMILES string of the molecule is CC(C)(C)OC(=O)N(CCCOC(=O)NCCc1ccc(F)cc1)C[C@H]1C[C@@H](n2cc(Br)c3c(N)ncnc32)[C@@H]2OC(C)(C)O[C@H]12. The number of nitrogens with two attached hydrogens (primary N) is 1. The van der Waals surface area contributed by atoms with Gasteiger partial charge in [0, 0.05) is 36.2 Å². The van der Waals surface area contributed by atoms with Crippen LogP contribution < -0.4 is 11.1 Å². The zero-order valence-corrected chi connectivity index (χ0v) is 28.4. The summed E-state index contributed by atoms with van der Waals surface area (Å²) in [4.78, 5) is 36.0. The minimum Gasteiger partial charge on any atom is -0.449 e. The molecule has 0 spiro atoms. The molecule has 4 atom stereocenters. The molecule has 46 heavy (non-hydrogen) atoms. The Kier molecular flexibility index (Phi) is 10.1. The molecule has 250 valence electrons. The molecule has 2 amide bonds. The second-order valence-corrected chi connectivity index (χ2v) is 14.0. The van der Waals surface area contributed by atoms with Gasteiger partial charge < -0.3 is 39.5 Å². The highest BCUT2D eigenvalue weighted by Gasteiger charge is 2.55. The maximum Gasteiger partial charge on any atom is 0.410 e. The Bertz CT molecular complexity index is 1540. The van der Waals surface area contributed by atoms with Gasteiger partial charge in [-0.25, -0.2) is 23.9 Å². The molecule has 2 aliphatic rings. The number of hydrogen-bond donors (Lipinski definition) is 2. The molecule has 2 fully saturated rings. The predicted molar refractivity (Wildman–Crippen MR) is 172 cm³/mol. The van der Waals surface area contributed by atoms with E-state index in [1.54, 1.807) is 17.0 Å². The topological polar surface area (TPSA) is 143 Å². The first-order valence-electron chi connectivity index (χ1n) is 15.5. The number of alkyl carbamates (subject to hydrolysis) is 1. The van der Waals surface area contributed by atoms with Crippen LogP contribution in [0.5, 0.6) is 0 Å². The van der Waals surface area contributed by atoms with Crippen molar-refractivity contribution < 1.29 is 32.9 Å². The van der Waals surface area contributed by atoms with E-state index in [1.807, 2.05) is 40.8 Å². The lowest BCUT2D eigenvalue weighted by Crippen LogP contribution is -2.42. The molecule has 5 rings (SSSR count). The molecule has 2 aromatic heterocycles. The van der Waals surface area contributed by atoms with Crippen LogP contribution in [-0.4, -0.2) is 81.5 Å². The highest BCUT2D eigenvalue weighted by atomic mass is 79.9. The molecule has 12 nitrogen and oxygen atoms in total. The lowest BCUT2D eigenvalue weighted by molar-refractivity contribution is -0.160. The van der Waals surface area contributed by atoms with Crippen molar-refractivity contribution >= 4 is 45.0 Å². The molecule has 1 aliphatic heterocycles. The van der Waals surface area contributed by atoms with Gasteiger partial charge in [0.05, 0.1) is 24.1 Å². The summed E-state index contributed by atoms with van der Waals surface area (Å²) in [6.45, 7) is 10.4. The summed E-state index contributed by atoms with van der Waals surface area (Å²) in [5.74, 6) is -0.823. The Morgan fingerprint density at radius 3 is 2.63 bits per heavy atom. The van der Waals surface area contributed by atoms with Crippen LogP contribution in [0.1, 0.15) is 59.1 Å². The zero-order valence-electron chi connectivity index (χ0n) is 26.8. The molecule has 0 radical (unpaired) electrons. The van der Waals surface area contributed by atoms with Gasteiger partial charge in [-0.15, -0.1) is 0 Å². The molecule has 14 heteroatoms. The van der Waals surface area contributed by atoms with E-state index in [2.05, 4.69) is 35.8 Å². The van der Waals surface area contributed by atoms with E-state index in [1.165, 1.54) is 18.5 Å². The van der Waals surface area contributed by atoms with E-state index >= 15 is 0 Å². The second-order valence-electron chi connectivity index (χ2n) is 13.2. The van der Waals surface area contributed by atoms with Gasteiger partial charge in [-0.2, -0.15) is 0 Å². The number of aromatic nitrogens is 3. The van der Waals surface area contributed by atoms with Crippen LogP contribution >= 0.6 is 15.9 Å². The first-order chi connectivity index (χ1) is 21.7. The van der Waals surface area contributed by atoms with Crippen molar-refractivity contribution in [1.82, 2.24) is 24.8 Å². The Labute approximate surface area is 276 Å². The number of halogens is 2. The Hall–Kier alpha value is -3.49. The fraction of sp³-hybridized carbons (Fsp3) is 0.562. The van der Waals surface area contributed by atoms with Crippen LogP contribution in [0.15, 0.2) is 41.3 Å². The van der Waals surface area contributed by atoms with Crippen molar-refractivity contribution in [3.63, 3.8) is 0 Å². The van der Waals surface area contributed by atoms with E-state index in [0.717, 1.165) is 15.4 Å². The van der Waals surface area contributed by atoms with E-state index in [4.69, 9.17) is 24.7 Å². The van der Waals surface area contributed by atoms with Crippen molar-refractivity contribution in [2.24, 2.45) is 5.92 Å². The van der Waals surface area contributed by atoms with Crippen LogP contribution in [0.25, 0.3) is 11.0 Å². The third-order valence-corrected chi connectivity index (χ3v) is 8.61. The van der Waals surface area contributed by atoms with Crippen LogP contribution in [0, 0.1) is 11.7 Å². The van der Waals surface area contributed by atoms with Gasteiger partial charge in [-0.3, -0.25) is 0 Å². The number of anilines is 1. The summed E-state index contributed by atoms with van der Waals surface area (Å²) in [5, 5.41) is 3.44. The summed E-state index contributed by atoms with van der Waals surface area (Å²) >= 11 is 3.61. The first-order valence-corrected chi connectivity index (χ1v) is 16.3. The average Bonchev–Trinajstić information content (AvgIpc) is 3.58. The number of nitrogen functional groups attached to an aromatic ring is 1. The number of ether oxygens (including phenoxy) is 4. The lowest BCUT2D eigenvalue weighted by Gasteiger charge is -2.31. The third kappa shape index (κ3) is 8.07. The van der Waals surface area contributed by atoms with Crippen LogP contribution in [0.4, 0.5) is 19.8 Å². The summed E-state index contributed by atoms with van der Waals surface area (Å²) in [7, 11) is 0. The Balaban J connectivity index is 1.23. The van der Waals surface area contributed by atoms with Gasteiger partial charge >= 0.3 is 12.2 Å². The molecule has 1 aliphatic carbocycles. The summed E-state index contributed by atoms with van der Waals surface area (Å²) in [6.07, 6.45) is 3.40. The fourth-order valence-electron chi connectivity index (χ4n) is 6.12. The molecule has 0 bridgehead atoms. The standard InChI is InChI=1S/C32H42BrFN6O6/c1-31(2,3)46-30(42)39(13-6-14-43-29(41)36-12-11-19-7-9-21(34)10-8-19)16-20-15-23(26-25(20)44-32(4,5)45-26)40-17-22(33)24-27(35)37-18-38-28(24)40/h7-10,17-18,20,23,25-26H,6,11-16H2,1-5H3,(H,36,41)(H2,35,37,38)/t20-,23-,25-,26+/m1/s1. The predicted octanol–water partition coefficient (Wildman–Crippen LogP) is 5.59. The molecule has 3 heterocycles. The van der Waals surface area contributed by atoms with Crippen molar-refractivity contribution in [2.75, 3.05) is 32.0 Å². The maximum absolute atomic E-state index is 13.4. The van der Waals surface area contributed by atoms with Crippen molar-refractivity contribution in [2.45, 2.75) is 83.5 Å². The molecule has 3 aromatic rings. The smallest absolute Gasteiger partial charge is 0.410 e. The number of nitrogens with one attached hydrogen (secondary N) is 1. The van der Waals surface area contributed by atoms with Crippen molar-refractivity contribution in [3.8, 4) is 0 Å². The maximum atomic E-state index is 13.4. The fourth-order valence-corrected chi connectivity index (χ4v) is 6.72. The van der Waals surface area contributed by atoms with E-state index in [-0.39, 0.29) is 36.6 Å². The first kappa shape index (κ1) is 33.9. The minimum absolute atomic E-state index is 0.0876. The van der Waals surface area contributed by atoms with Crippen molar-refractivity contribution in [1.29, 1.82) is 0 Å². The van der Waals surface area contributed by atoms with E-state index in [9.17, 15) is 14.0 Å². The number of nitrogens with zero attached hydrogens (tertiary/aromatic N) is 4. The molecule has 0 unspecified atom stereocenters. The molecule has 1 aromatic carbocycles. The van der Waals surface area contributed by atoms with Crippen LogP contribution in [0.3, 0.4) is 0 Å². The average molecular weight is 706 g/mol. The zero-order chi connectivity index (χ0) is 33.2. The largest absolute Gasteiger partial charge is 0.449 e. The quantitative estimate of drug-likeness (QED) is 0.258. The highest BCUT2D eigenvalue weighted by molar-refractivity contribution is 9.10. The number of amides is 2. The number of carbonyl (C=O) groups excluding carboxylic acids is 2. The van der Waals surface area contributed by atoms with Gasteiger partial charge in [0.15, 0.2) is 5.79 Å². The third-order valence-electron chi connectivity index (χ3n) is 8.01. The van der Waals surface area contributed by atoms with Gasteiger partial charge in [-0.05, 0) is 87.5 Å². The van der Waals surface area contributed by atoms with Gasteiger partial charge in [-0.1, -0.05) is 12.1 Å². The van der Waals surface area contributed by atoms with Gasteiger partial charge in [0.1, 0.15) is 35.3 Å². The molecular formula is C32H42BrFN6O6.